The van der Waals surface area contributed by atoms with Crippen molar-refractivity contribution in [3.63, 3.8) is 0 Å². The first kappa shape index (κ1) is 20.6. The van der Waals surface area contributed by atoms with E-state index in [9.17, 15) is 14.4 Å². The molecule has 0 saturated carbocycles. The smallest absolute Gasteiger partial charge is 0.344 e. The number of esters is 2. The maximum absolute atomic E-state index is 12.5. The third kappa shape index (κ3) is 6.93. The summed E-state index contributed by atoms with van der Waals surface area (Å²) in [4.78, 5) is 35.8. The molecule has 0 heterocycles. The van der Waals surface area contributed by atoms with E-state index in [0.29, 0.717) is 11.3 Å². The molecule has 0 radical (unpaired) electrons. The first-order valence-electron chi connectivity index (χ1n) is 8.03. The van der Waals surface area contributed by atoms with Crippen LogP contribution in [0, 0.1) is 5.92 Å². The molecule has 0 amide bonds. The molecule has 0 aromatic heterocycles. The van der Waals surface area contributed by atoms with Crippen LogP contribution in [0.3, 0.4) is 0 Å². The summed E-state index contributed by atoms with van der Waals surface area (Å²) in [5.41, 5.74) is 5.18. The fourth-order valence-electron chi connectivity index (χ4n) is 1.94. The third-order valence-electron chi connectivity index (χ3n) is 3.04. The number of ketones is 1. The number of Topliss-reactive ketones (excluding diaryl/α,β-unsaturated/α-hetero) is 1. The Labute approximate surface area is 147 Å². The molecule has 7 nitrogen and oxygen atoms in total. The topological polar surface area (TPSA) is 105 Å². The Bertz CT molecular complexity index is 603. The Kier molecular flexibility index (Phi) is 7.57. The second-order valence-electron chi connectivity index (χ2n) is 6.30. The lowest BCUT2D eigenvalue weighted by atomic mass is 9.97. The summed E-state index contributed by atoms with van der Waals surface area (Å²) in [6.45, 7) is 6.78. The third-order valence-corrected chi connectivity index (χ3v) is 3.04. The van der Waals surface area contributed by atoms with E-state index in [0.717, 1.165) is 0 Å². The largest absolute Gasteiger partial charge is 0.482 e. The van der Waals surface area contributed by atoms with Crippen LogP contribution in [-0.2, 0) is 19.1 Å². The molecule has 0 aliphatic rings. The number of carbonyl (C=O) groups excluding carboxylic acids is 3. The Hall–Kier alpha value is -2.41. The van der Waals surface area contributed by atoms with Crippen LogP contribution in [0.5, 0.6) is 5.75 Å². The van der Waals surface area contributed by atoms with Gasteiger partial charge in [-0.2, -0.15) is 0 Å². The number of benzene rings is 1. The predicted octanol–water partition coefficient (Wildman–Crippen LogP) is 1.73. The van der Waals surface area contributed by atoms with E-state index in [1.54, 1.807) is 27.7 Å². The molecule has 0 saturated heterocycles. The maximum atomic E-state index is 12.5. The van der Waals surface area contributed by atoms with E-state index < -0.39 is 29.2 Å². The van der Waals surface area contributed by atoms with Gasteiger partial charge in [-0.1, -0.05) is 0 Å². The molecule has 1 atom stereocenters. The van der Waals surface area contributed by atoms with Crippen LogP contribution in [-0.4, -0.2) is 43.1 Å². The van der Waals surface area contributed by atoms with Crippen LogP contribution >= 0.6 is 0 Å². The highest BCUT2D eigenvalue weighted by molar-refractivity contribution is 6.09. The van der Waals surface area contributed by atoms with Crippen molar-refractivity contribution >= 4 is 17.7 Å². The van der Waals surface area contributed by atoms with Crippen molar-refractivity contribution in [1.82, 2.24) is 0 Å². The highest BCUT2D eigenvalue weighted by Gasteiger charge is 2.30. The van der Waals surface area contributed by atoms with Gasteiger partial charge in [0.2, 0.25) is 0 Å². The van der Waals surface area contributed by atoms with Crippen molar-refractivity contribution in [2.24, 2.45) is 11.7 Å². The fraction of sp³-hybridized carbons (Fsp3) is 0.500. The Morgan fingerprint density at radius 1 is 1.12 bits per heavy atom. The van der Waals surface area contributed by atoms with Gasteiger partial charge in [0.15, 0.2) is 12.4 Å². The van der Waals surface area contributed by atoms with E-state index in [2.05, 4.69) is 0 Å². The highest BCUT2D eigenvalue weighted by Crippen LogP contribution is 2.18. The van der Waals surface area contributed by atoms with Gasteiger partial charge >= 0.3 is 11.9 Å². The van der Waals surface area contributed by atoms with Gasteiger partial charge in [-0.3, -0.25) is 9.59 Å². The van der Waals surface area contributed by atoms with Crippen molar-refractivity contribution < 1.29 is 28.6 Å². The summed E-state index contributed by atoms with van der Waals surface area (Å²) in [7, 11) is 0. The summed E-state index contributed by atoms with van der Waals surface area (Å²) in [5.74, 6) is -2.20. The molecule has 0 aliphatic carbocycles. The van der Waals surface area contributed by atoms with Gasteiger partial charge < -0.3 is 19.9 Å². The van der Waals surface area contributed by atoms with Crippen molar-refractivity contribution in [2.75, 3.05) is 19.8 Å². The zero-order chi connectivity index (χ0) is 19.0. The molecule has 25 heavy (non-hydrogen) atoms. The first-order valence-corrected chi connectivity index (χ1v) is 8.03. The lowest BCUT2D eigenvalue weighted by Crippen LogP contribution is -2.37. The lowest BCUT2D eigenvalue weighted by Gasteiger charge is -2.22. The second-order valence-corrected chi connectivity index (χ2v) is 6.30. The number of ether oxygens (including phenoxy) is 3. The van der Waals surface area contributed by atoms with Crippen LogP contribution in [0.25, 0.3) is 0 Å². The van der Waals surface area contributed by atoms with Crippen LogP contribution in [0.4, 0.5) is 0 Å². The van der Waals surface area contributed by atoms with Crippen molar-refractivity contribution in [3.05, 3.63) is 29.8 Å². The number of hydrogen-bond donors (Lipinski definition) is 1. The van der Waals surface area contributed by atoms with E-state index >= 15 is 0 Å². The van der Waals surface area contributed by atoms with Gasteiger partial charge in [0.1, 0.15) is 17.3 Å². The molecular weight excluding hydrogens is 326 g/mol. The Morgan fingerprint density at radius 3 is 2.20 bits per heavy atom. The van der Waals surface area contributed by atoms with Crippen molar-refractivity contribution in [1.29, 1.82) is 0 Å². The molecule has 1 aromatic rings. The second kappa shape index (κ2) is 9.17. The Balaban J connectivity index is 2.74. The molecule has 138 valence electrons. The number of nitrogens with two attached hydrogens (primary N) is 1. The van der Waals surface area contributed by atoms with Crippen LogP contribution in [0.1, 0.15) is 38.1 Å². The summed E-state index contributed by atoms with van der Waals surface area (Å²) in [5, 5.41) is 0. The SMILES string of the molecule is CCOC(=O)COc1ccc(C(=O)[C@H](CN)C(=O)OC(C)(C)C)cc1. The monoisotopic (exact) mass is 351 g/mol. The molecule has 2 N–H and O–H groups in total. The molecule has 0 fully saturated rings. The van der Waals surface area contributed by atoms with Crippen LogP contribution < -0.4 is 10.5 Å². The fourth-order valence-corrected chi connectivity index (χ4v) is 1.94. The van der Waals surface area contributed by atoms with Gasteiger partial charge in [-0.15, -0.1) is 0 Å². The van der Waals surface area contributed by atoms with Gasteiger partial charge in [0, 0.05) is 12.1 Å². The molecule has 1 aromatic carbocycles. The highest BCUT2D eigenvalue weighted by atomic mass is 16.6. The van der Waals surface area contributed by atoms with Crippen LogP contribution in [0.15, 0.2) is 24.3 Å². The minimum Gasteiger partial charge on any atom is -0.482 e. The number of rotatable bonds is 8. The average Bonchev–Trinajstić information content (AvgIpc) is 2.52. The van der Waals surface area contributed by atoms with Gasteiger partial charge in [-0.05, 0) is 52.0 Å². The minimum absolute atomic E-state index is 0.144. The average molecular weight is 351 g/mol. The zero-order valence-corrected chi connectivity index (χ0v) is 15.0. The molecule has 0 bridgehead atoms. The lowest BCUT2D eigenvalue weighted by molar-refractivity contribution is -0.157. The predicted molar refractivity (Wildman–Crippen MR) is 91.3 cm³/mol. The molecular formula is C18H25NO6. The standard InChI is InChI=1S/C18H25NO6/c1-5-23-15(20)11-24-13-8-6-12(7-9-13)16(21)14(10-19)17(22)25-18(2,3)4/h6-9,14H,5,10-11,19H2,1-4H3/t14-/m0/s1. The summed E-state index contributed by atoms with van der Waals surface area (Å²) in [6.07, 6.45) is 0. The molecule has 1 rings (SSSR count). The van der Waals surface area contributed by atoms with Gasteiger partial charge in [0.05, 0.1) is 6.61 Å². The van der Waals surface area contributed by atoms with Gasteiger partial charge in [0.25, 0.3) is 0 Å². The van der Waals surface area contributed by atoms with E-state index in [1.807, 2.05) is 0 Å². The normalized spacial score (nSPS) is 12.2. The number of hydrogen-bond acceptors (Lipinski definition) is 7. The van der Waals surface area contributed by atoms with Crippen LogP contribution in [0.2, 0.25) is 0 Å². The molecule has 7 heteroatoms. The maximum Gasteiger partial charge on any atom is 0.344 e. The quantitative estimate of drug-likeness (QED) is 0.432. The molecule has 0 aliphatic heterocycles. The van der Waals surface area contributed by atoms with Gasteiger partial charge in [-0.25, -0.2) is 4.79 Å². The van der Waals surface area contributed by atoms with E-state index in [1.165, 1.54) is 24.3 Å². The van der Waals surface area contributed by atoms with E-state index in [4.69, 9.17) is 19.9 Å². The molecule has 0 spiro atoms. The summed E-state index contributed by atoms with van der Waals surface area (Å²) in [6, 6.07) is 6.09. The van der Waals surface area contributed by atoms with E-state index in [-0.39, 0.29) is 19.8 Å². The summed E-state index contributed by atoms with van der Waals surface area (Å²) < 4.78 is 15.2. The van der Waals surface area contributed by atoms with Crippen molar-refractivity contribution in [2.45, 2.75) is 33.3 Å². The minimum atomic E-state index is -1.06. The van der Waals surface area contributed by atoms with Crippen molar-refractivity contribution in [3.8, 4) is 5.75 Å². The zero-order valence-electron chi connectivity index (χ0n) is 15.0. The molecule has 0 unspecified atom stereocenters. The first-order chi connectivity index (χ1) is 11.7. The number of carbonyl (C=O) groups is 3. The summed E-state index contributed by atoms with van der Waals surface area (Å²) >= 11 is 0. The Morgan fingerprint density at radius 2 is 1.72 bits per heavy atom.